The van der Waals surface area contributed by atoms with Gasteiger partial charge in [-0.25, -0.2) is 4.98 Å². The van der Waals surface area contributed by atoms with Gasteiger partial charge >= 0.3 is 0 Å². The van der Waals surface area contributed by atoms with Crippen LogP contribution in [-0.2, 0) is 13.1 Å². The maximum Gasteiger partial charge on any atom is 0.274 e. The number of ether oxygens (including phenoxy) is 1. The van der Waals surface area contributed by atoms with Crippen LogP contribution in [0.2, 0.25) is 5.02 Å². The van der Waals surface area contributed by atoms with Gasteiger partial charge in [0.25, 0.3) is 11.3 Å². The van der Waals surface area contributed by atoms with E-state index >= 15 is 0 Å². The molecule has 0 aliphatic carbocycles. The molecule has 2 aromatic carbocycles. The van der Waals surface area contributed by atoms with E-state index in [1.165, 1.54) is 10.6 Å². The van der Waals surface area contributed by atoms with Crippen LogP contribution in [0.1, 0.15) is 18.2 Å². The normalized spacial score (nSPS) is 10.9. The highest BCUT2D eigenvalue weighted by molar-refractivity contribution is 6.31. The Morgan fingerprint density at radius 1 is 1.07 bits per heavy atom. The molecule has 0 aliphatic heterocycles. The Labute approximate surface area is 177 Å². The first-order valence-corrected chi connectivity index (χ1v) is 9.93. The number of para-hydroxylation sites is 2. The van der Waals surface area contributed by atoms with Crippen molar-refractivity contribution in [2.24, 2.45) is 0 Å². The lowest BCUT2D eigenvalue weighted by atomic mass is 10.2. The van der Waals surface area contributed by atoms with Crippen molar-refractivity contribution >= 4 is 29.0 Å². The molecule has 0 saturated heterocycles. The predicted octanol–water partition coefficient (Wildman–Crippen LogP) is 3.69. The van der Waals surface area contributed by atoms with Crippen LogP contribution in [0.25, 0.3) is 5.78 Å². The fraction of sp³-hybridized carbons (Fsp3) is 0.190. The van der Waals surface area contributed by atoms with Gasteiger partial charge in [0.2, 0.25) is 5.95 Å². The maximum atomic E-state index is 12.5. The van der Waals surface area contributed by atoms with Crippen molar-refractivity contribution in [3.8, 4) is 5.75 Å². The number of H-pyrrole nitrogens is 1. The lowest BCUT2D eigenvalue weighted by Gasteiger charge is -2.11. The summed E-state index contributed by atoms with van der Waals surface area (Å²) in [5.41, 5.74) is 2.10. The molecule has 4 rings (SSSR count). The first-order chi connectivity index (χ1) is 14.6. The molecule has 0 saturated carbocycles. The zero-order valence-electron chi connectivity index (χ0n) is 16.4. The molecule has 2 heterocycles. The topological polar surface area (TPSA) is 96.3 Å². The summed E-state index contributed by atoms with van der Waals surface area (Å²) in [6.45, 7) is 3.34. The summed E-state index contributed by atoms with van der Waals surface area (Å²) in [6, 6.07) is 16.6. The van der Waals surface area contributed by atoms with Gasteiger partial charge in [-0.15, -0.1) is 0 Å². The molecule has 154 valence electrons. The van der Waals surface area contributed by atoms with Crippen molar-refractivity contribution in [1.29, 1.82) is 0 Å². The lowest BCUT2D eigenvalue weighted by Crippen LogP contribution is -2.17. The number of aromatic amines is 1. The van der Waals surface area contributed by atoms with E-state index in [0.29, 0.717) is 42.1 Å². The molecular weight excluding hydrogens is 404 g/mol. The number of hydrogen-bond acceptors (Lipinski definition) is 6. The fourth-order valence-corrected chi connectivity index (χ4v) is 3.20. The van der Waals surface area contributed by atoms with Gasteiger partial charge in [0.05, 0.1) is 24.5 Å². The van der Waals surface area contributed by atoms with Crippen molar-refractivity contribution < 1.29 is 4.74 Å². The summed E-state index contributed by atoms with van der Waals surface area (Å²) in [5, 5.41) is 9.98. The van der Waals surface area contributed by atoms with Crippen molar-refractivity contribution in [1.82, 2.24) is 19.6 Å². The van der Waals surface area contributed by atoms with Crippen LogP contribution in [-0.4, -0.2) is 26.2 Å². The van der Waals surface area contributed by atoms with Gasteiger partial charge in [-0.05, 0) is 30.7 Å². The molecule has 2 aromatic heterocycles. The van der Waals surface area contributed by atoms with E-state index in [1.807, 2.05) is 55.5 Å². The second-order valence-electron chi connectivity index (χ2n) is 6.52. The van der Waals surface area contributed by atoms with Gasteiger partial charge in [0, 0.05) is 17.6 Å². The van der Waals surface area contributed by atoms with Crippen molar-refractivity contribution in [3.05, 3.63) is 81.2 Å². The van der Waals surface area contributed by atoms with Crippen molar-refractivity contribution in [2.75, 3.05) is 17.2 Å². The van der Waals surface area contributed by atoms with Crippen molar-refractivity contribution in [2.45, 2.75) is 20.0 Å². The summed E-state index contributed by atoms with van der Waals surface area (Å²) in [4.78, 5) is 21.3. The largest absolute Gasteiger partial charge is 0.492 e. The number of halogens is 1. The Hall–Kier alpha value is -3.52. The first kappa shape index (κ1) is 19.8. The van der Waals surface area contributed by atoms with Crippen LogP contribution < -0.4 is 20.9 Å². The highest BCUT2D eigenvalue weighted by atomic mass is 35.5. The number of hydrogen-bond donors (Lipinski definition) is 3. The molecule has 0 amide bonds. The number of rotatable bonds is 8. The zero-order chi connectivity index (χ0) is 20.9. The molecule has 30 heavy (non-hydrogen) atoms. The van der Waals surface area contributed by atoms with Crippen LogP contribution >= 0.6 is 11.6 Å². The second kappa shape index (κ2) is 8.87. The minimum atomic E-state index is -0.242. The molecule has 0 fully saturated rings. The molecule has 0 bridgehead atoms. The quantitative estimate of drug-likeness (QED) is 0.399. The number of benzene rings is 2. The van der Waals surface area contributed by atoms with E-state index in [1.54, 1.807) is 0 Å². The summed E-state index contributed by atoms with van der Waals surface area (Å²) in [5.74, 6) is 1.48. The summed E-state index contributed by atoms with van der Waals surface area (Å²) in [6.07, 6.45) is 0. The highest BCUT2D eigenvalue weighted by Gasteiger charge is 2.09. The monoisotopic (exact) mass is 424 g/mol. The second-order valence-corrected chi connectivity index (χ2v) is 6.93. The van der Waals surface area contributed by atoms with Gasteiger partial charge in [-0.1, -0.05) is 41.9 Å². The van der Waals surface area contributed by atoms with E-state index in [4.69, 9.17) is 16.3 Å². The number of nitrogens with zero attached hydrogens (tertiary/aromatic N) is 3. The van der Waals surface area contributed by atoms with Crippen LogP contribution in [0.3, 0.4) is 0 Å². The van der Waals surface area contributed by atoms with Crippen LogP contribution in [0, 0.1) is 0 Å². The third-order valence-corrected chi connectivity index (χ3v) is 4.80. The fourth-order valence-electron chi connectivity index (χ4n) is 3.00. The Bertz CT molecular complexity index is 1220. The molecule has 0 spiro atoms. The Morgan fingerprint density at radius 2 is 1.87 bits per heavy atom. The van der Waals surface area contributed by atoms with E-state index in [2.05, 4.69) is 25.7 Å². The molecule has 0 atom stereocenters. The molecule has 9 heteroatoms. The first-order valence-electron chi connectivity index (χ1n) is 9.55. The lowest BCUT2D eigenvalue weighted by molar-refractivity contribution is 0.341. The molecule has 8 nitrogen and oxygen atoms in total. The third kappa shape index (κ3) is 4.38. The minimum absolute atomic E-state index is 0.242. The van der Waals surface area contributed by atoms with Crippen LogP contribution in [0.4, 0.5) is 11.6 Å². The van der Waals surface area contributed by atoms with E-state index in [9.17, 15) is 4.79 Å². The van der Waals surface area contributed by atoms with Gasteiger partial charge < -0.3 is 15.4 Å². The standard InChI is InChI=1S/C21H21ClN6O2/c1-2-30-18-10-6-5-9-17(18)23-13-15-11-19(29)28-21(25-15)26-20(27-28)24-12-14-7-3-4-8-16(14)22/h3-11,23H,2,12-13H2,1H3,(H2,24,25,26,27). The molecule has 0 aliphatic rings. The number of nitrogens with one attached hydrogen (secondary N) is 3. The van der Waals surface area contributed by atoms with Gasteiger partial charge in [-0.3, -0.25) is 9.89 Å². The molecular formula is C21H21ClN6O2. The molecule has 0 radical (unpaired) electrons. The molecule has 0 unspecified atom stereocenters. The smallest absolute Gasteiger partial charge is 0.274 e. The molecule has 3 N–H and O–H groups in total. The molecule has 4 aromatic rings. The van der Waals surface area contributed by atoms with Gasteiger partial charge in [-0.2, -0.15) is 9.50 Å². The third-order valence-electron chi connectivity index (χ3n) is 4.43. The number of aromatic nitrogens is 4. The average Bonchev–Trinajstić information content (AvgIpc) is 3.16. The average molecular weight is 425 g/mol. The Morgan fingerprint density at radius 3 is 2.70 bits per heavy atom. The summed E-state index contributed by atoms with van der Waals surface area (Å²) < 4.78 is 6.91. The Balaban J connectivity index is 1.50. The minimum Gasteiger partial charge on any atom is -0.492 e. The number of anilines is 2. The maximum absolute atomic E-state index is 12.5. The zero-order valence-corrected chi connectivity index (χ0v) is 17.1. The summed E-state index contributed by atoms with van der Waals surface area (Å²) >= 11 is 6.18. The Kier molecular flexibility index (Phi) is 5.85. The summed E-state index contributed by atoms with van der Waals surface area (Å²) in [7, 11) is 0. The van der Waals surface area contributed by atoms with Gasteiger partial charge in [0.15, 0.2) is 0 Å². The van der Waals surface area contributed by atoms with E-state index in [-0.39, 0.29) is 5.56 Å². The SMILES string of the molecule is CCOc1ccccc1NCc1cc(=O)n2[nH]c(NCc3ccccc3Cl)nc2n1. The van der Waals surface area contributed by atoms with Gasteiger partial charge in [0.1, 0.15) is 5.75 Å². The van der Waals surface area contributed by atoms with E-state index < -0.39 is 0 Å². The van der Waals surface area contributed by atoms with E-state index in [0.717, 1.165) is 17.0 Å². The van der Waals surface area contributed by atoms with Crippen molar-refractivity contribution in [3.63, 3.8) is 0 Å². The van der Waals surface area contributed by atoms with Crippen LogP contribution in [0.5, 0.6) is 5.75 Å². The predicted molar refractivity (Wildman–Crippen MR) is 117 cm³/mol. The highest BCUT2D eigenvalue weighted by Crippen LogP contribution is 2.24. The van der Waals surface area contributed by atoms with Crippen LogP contribution in [0.15, 0.2) is 59.4 Å². The number of fused-ring (bicyclic) bond motifs is 1.